The van der Waals surface area contributed by atoms with Crippen molar-refractivity contribution in [2.24, 2.45) is 0 Å². The summed E-state index contributed by atoms with van der Waals surface area (Å²) in [5.74, 6) is 0.960. The Labute approximate surface area is 136 Å². The Morgan fingerprint density at radius 3 is 3.13 bits per heavy atom. The van der Waals surface area contributed by atoms with Crippen LogP contribution in [0.15, 0.2) is 24.4 Å². The normalized spacial score (nSPS) is 17.8. The molecule has 124 valence electrons. The molecule has 1 aliphatic heterocycles. The number of fused-ring (bicyclic) bond motifs is 1. The standard InChI is InChI=1S/C18H24N2O3/c1-23-16-8-2-7-15-18(16)13(12-19-15)11-17(22)20-9-3-5-14(20)6-4-10-21/h2,7-8,12,14,19,21H,3-6,9-11H2,1H3. The van der Waals surface area contributed by atoms with Crippen LogP contribution in [0.2, 0.25) is 0 Å². The van der Waals surface area contributed by atoms with Crippen LogP contribution in [-0.4, -0.2) is 47.2 Å². The van der Waals surface area contributed by atoms with Crippen molar-refractivity contribution in [3.05, 3.63) is 30.0 Å². The fraction of sp³-hybridized carbons (Fsp3) is 0.500. The number of carbonyl (C=O) groups is 1. The third-order valence-corrected chi connectivity index (χ3v) is 4.70. The molecule has 0 saturated carbocycles. The maximum atomic E-state index is 12.7. The van der Waals surface area contributed by atoms with Gasteiger partial charge in [-0.05, 0) is 43.4 Å². The molecule has 2 N–H and O–H groups in total. The largest absolute Gasteiger partial charge is 0.496 e. The highest BCUT2D eigenvalue weighted by atomic mass is 16.5. The van der Waals surface area contributed by atoms with Crippen molar-refractivity contribution in [3.63, 3.8) is 0 Å². The summed E-state index contributed by atoms with van der Waals surface area (Å²) in [6.07, 6.45) is 6.04. The molecule has 0 aliphatic carbocycles. The average Bonchev–Trinajstić information content (AvgIpc) is 3.19. The van der Waals surface area contributed by atoms with E-state index in [1.54, 1.807) is 7.11 Å². The predicted octanol–water partition coefficient (Wildman–Crippen LogP) is 2.48. The van der Waals surface area contributed by atoms with Crippen LogP contribution in [0, 0.1) is 0 Å². The summed E-state index contributed by atoms with van der Waals surface area (Å²) in [5, 5.41) is 10.0. The van der Waals surface area contributed by atoms with Gasteiger partial charge in [-0.2, -0.15) is 0 Å². The number of methoxy groups -OCH3 is 1. The average molecular weight is 316 g/mol. The zero-order valence-corrected chi connectivity index (χ0v) is 13.5. The molecule has 1 fully saturated rings. The van der Waals surface area contributed by atoms with Gasteiger partial charge in [0.2, 0.25) is 5.91 Å². The Morgan fingerprint density at radius 1 is 1.48 bits per heavy atom. The number of carbonyl (C=O) groups excluding carboxylic acids is 1. The second-order valence-corrected chi connectivity index (χ2v) is 6.12. The second-order valence-electron chi connectivity index (χ2n) is 6.12. The maximum Gasteiger partial charge on any atom is 0.227 e. The van der Waals surface area contributed by atoms with Crippen molar-refractivity contribution in [2.45, 2.75) is 38.1 Å². The number of aromatic nitrogens is 1. The highest BCUT2D eigenvalue weighted by molar-refractivity contribution is 5.93. The van der Waals surface area contributed by atoms with Gasteiger partial charge in [-0.3, -0.25) is 4.79 Å². The quantitative estimate of drug-likeness (QED) is 0.860. The van der Waals surface area contributed by atoms with Gasteiger partial charge in [0.25, 0.3) is 0 Å². The summed E-state index contributed by atoms with van der Waals surface area (Å²) >= 11 is 0. The van der Waals surface area contributed by atoms with E-state index in [1.165, 1.54) is 0 Å². The molecule has 5 nitrogen and oxygen atoms in total. The molecule has 0 radical (unpaired) electrons. The number of benzene rings is 1. The maximum absolute atomic E-state index is 12.7. The van der Waals surface area contributed by atoms with E-state index in [1.807, 2.05) is 29.3 Å². The first-order valence-corrected chi connectivity index (χ1v) is 8.28. The predicted molar refractivity (Wildman–Crippen MR) is 89.6 cm³/mol. The minimum Gasteiger partial charge on any atom is -0.496 e. The molecule has 1 aliphatic rings. The van der Waals surface area contributed by atoms with Crippen molar-refractivity contribution < 1.29 is 14.6 Å². The number of aliphatic hydroxyl groups is 1. The Balaban J connectivity index is 1.78. The number of hydrogen-bond donors (Lipinski definition) is 2. The topological polar surface area (TPSA) is 65.6 Å². The summed E-state index contributed by atoms with van der Waals surface area (Å²) in [6, 6.07) is 6.13. The molecule has 23 heavy (non-hydrogen) atoms. The molecular weight excluding hydrogens is 292 g/mol. The Bertz CT molecular complexity index is 680. The first kappa shape index (κ1) is 15.9. The number of nitrogens with zero attached hydrogens (tertiary/aromatic N) is 1. The number of likely N-dealkylation sites (tertiary alicyclic amines) is 1. The van der Waals surface area contributed by atoms with Crippen LogP contribution in [0.3, 0.4) is 0 Å². The molecule has 1 aromatic heterocycles. The lowest BCUT2D eigenvalue weighted by Crippen LogP contribution is -2.36. The molecule has 2 aromatic rings. The molecule has 1 aromatic carbocycles. The number of nitrogens with one attached hydrogen (secondary N) is 1. The van der Waals surface area contributed by atoms with Crippen LogP contribution in [0.5, 0.6) is 5.75 Å². The zero-order valence-electron chi connectivity index (χ0n) is 13.5. The summed E-state index contributed by atoms with van der Waals surface area (Å²) in [5.41, 5.74) is 1.97. The van der Waals surface area contributed by atoms with Gasteiger partial charge in [0.1, 0.15) is 5.75 Å². The summed E-state index contributed by atoms with van der Waals surface area (Å²) in [7, 11) is 1.65. The number of ether oxygens (including phenoxy) is 1. The van der Waals surface area contributed by atoms with Gasteiger partial charge in [-0.15, -0.1) is 0 Å². The monoisotopic (exact) mass is 316 g/mol. The first-order valence-electron chi connectivity index (χ1n) is 8.28. The Hall–Kier alpha value is -2.01. The van der Waals surface area contributed by atoms with Crippen molar-refractivity contribution in [3.8, 4) is 5.75 Å². The lowest BCUT2D eigenvalue weighted by atomic mass is 10.1. The van der Waals surface area contributed by atoms with Gasteiger partial charge >= 0.3 is 0 Å². The fourth-order valence-corrected chi connectivity index (χ4v) is 3.58. The van der Waals surface area contributed by atoms with Crippen LogP contribution >= 0.6 is 0 Å². The smallest absolute Gasteiger partial charge is 0.227 e. The van der Waals surface area contributed by atoms with Gasteiger partial charge < -0.3 is 19.7 Å². The molecule has 2 heterocycles. The second kappa shape index (κ2) is 7.04. The summed E-state index contributed by atoms with van der Waals surface area (Å²) in [6.45, 7) is 1.02. The van der Waals surface area contributed by atoms with Crippen molar-refractivity contribution in [1.82, 2.24) is 9.88 Å². The minimum absolute atomic E-state index is 0.164. The van der Waals surface area contributed by atoms with E-state index < -0.39 is 0 Å². The van der Waals surface area contributed by atoms with Gasteiger partial charge in [0.15, 0.2) is 0 Å². The molecular formula is C18H24N2O3. The van der Waals surface area contributed by atoms with Gasteiger partial charge in [0.05, 0.1) is 13.5 Å². The van der Waals surface area contributed by atoms with E-state index >= 15 is 0 Å². The van der Waals surface area contributed by atoms with E-state index in [-0.39, 0.29) is 18.6 Å². The number of amides is 1. The van der Waals surface area contributed by atoms with E-state index in [2.05, 4.69) is 4.98 Å². The molecule has 5 heteroatoms. The number of aliphatic hydroxyl groups excluding tert-OH is 1. The molecule has 1 atom stereocenters. The molecule has 1 saturated heterocycles. The third-order valence-electron chi connectivity index (χ3n) is 4.70. The van der Waals surface area contributed by atoms with E-state index in [9.17, 15) is 4.79 Å². The van der Waals surface area contributed by atoms with Gasteiger partial charge in [-0.1, -0.05) is 6.07 Å². The van der Waals surface area contributed by atoms with Crippen molar-refractivity contribution in [1.29, 1.82) is 0 Å². The molecule has 3 rings (SSSR count). The lowest BCUT2D eigenvalue weighted by Gasteiger charge is -2.24. The van der Waals surface area contributed by atoms with Crippen LogP contribution in [0.25, 0.3) is 10.9 Å². The SMILES string of the molecule is COc1cccc2[nH]cc(CC(=O)N3CCCC3CCCO)c12. The summed E-state index contributed by atoms with van der Waals surface area (Å²) < 4.78 is 5.44. The number of aromatic amines is 1. The van der Waals surface area contributed by atoms with E-state index in [0.717, 1.165) is 54.4 Å². The van der Waals surface area contributed by atoms with E-state index in [4.69, 9.17) is 9.84 Å². The highest BCUT2D eigenvalue weighted by Gasteiger charge is 2.28. The zero-order chi connectivity index (χ0) is 16.2. The van der Waals surface area contributed by atoms with Crippen molar-refractivity contribution in [2.75, 3.05) is 20.3 Å². The molecule has 1 amide bonds. The molecule has 1 unspecified atom stereocenters. The lowest BCUT2D eigenvalue weighted by molar-refractivity contribution is -0.131. The van der Waals surface area contributed by atoms with Crippen LogP contribution in [0.4, 0.5) is 0 Å². The van der Waals surface area contributed by atoms with E-state index in [0.29, 0.717) is 6.42 Å². The first-order chi connectivity index (χ1) is 11.2. The summed E-state index contributed by atoms with van der Waals surface area (Å²) in [4.78, 5) is 17.9. The number of H-pyrrole nitrogens is 1. The number of hydrogen-bond acceptors (Lipinski definition) is 3. The van der Waals surface area contributed by atoms with Crippen LogP contribution in [-0.2, 0) is 11.2 Å². The Morgan fingerprint density at radius 2 is 2.35 bits per heavy atom. The fourth-order valence-electron chi connectivity index (χ4n) is 3.58. The molecule has 0 bridgehead atoms. The third kappa shape index (κ3) is 3.20. The molecule has 0 spiro atoms. The van der Waals surface area contributed by atoms with Crippen LogP contribution in [0.1, 0.15) is 31.2 Å². The highest BCUT2D eigenvalue weighted by Crippen LogP contribution is 2.30. The number of rotatable bonds is 6. The Kier molecular flexibility index (Phi) is 4.86. The minimum atomic E-state index is 0.164. The van der Waals surface area contributed by atoms with Gasteiger partial charge in [-0.25, -0.2) is 0 Å². The van der Waals surface area contributed by atoms with Gasteiger partial charge in [0, 0.05) is 36.3 Å². The van der Waals surface area contributed by atoms with Crippen LogP contribution < -0.4 is 4.74 Å². The van der Waals surface area contributed by atoms with Crippen molar-refractivity contribution >= 4 is 16.8 Å².